The second kappa shape index (κ2) is 6.47. The van der Waals surface area contributed by atoms with Crippen molar-refractivity contribution in [2.75, 3.05) is 13.7 Å². The Bertz CT molecular complexity index is 393. The minimum absolute atomic E-state index is 0.259. The van der Waals surface area contributed by atoms with Crippen molar-refractivity contribution in [3.63, 3.8) is 0 Å². The smallest absolute Gasteiger partial charge is 0.255 e. The van der Waals surface area contributed by atoms with Gasteiger partial charge >= 0.3 is 0 Å². The Hall–Kier alpha value is -1.26. The third-order valence-electron chi connectivity index (χ3n) is 2.25. The van der Waals surface area contributed by atoms with Gasteiger partial charge in [0.15, 0.2) is 0 Å². The van der Waals surface area contributed by atoms with Gasteiger partial charge in [-0.15, -0.1) is 0 Å². The molecule has 0 aromatic heterocycles. The van der Waals surface area contributed by atoms with Gasteiger partial charge in [0.1, 0.15) is 5.75 Å². The molecule has 0 radical (unpaired) electrons. The van der Waals surface area contributed by atoms with Crippen LogP contribution in [-0.2, 0) is 0 Å². The third kappa shape index (κ3) is 4.24. The standard InChI is InChI=1S/C12H16ClNO3/c1-8(15)5-6-14-12(16)10-7-9(13)3-4-11(10)17-2/h3-4,7-8,15H,5-6H2,1-2H3,(H,14,16). The number of benzene rings is 1. The number of carbonyl (C=O) groups excluding carboxylic acids is 1. The molecule has 0 aliphatic rings. The second-order valence-electron chi connectivity index (χ2n) is 3.74. The van der Waals surface area contributed by atoms with Gasteiger partial charge in [-0.1, -0.05) is 11.6 Å². The normalized spacial score (nSPS) is 12.0. The van der Waals surface area contributed by atoms with Gasteiger partial charge in [0.05, 0.1) is 18.8 Å². The van der Waals surface area contributed by atoms with Crippen LogP contribution in [0.25, 0.3) is 0 Å². The van der Waals surface area contributed by atoms with Crippen molar-refractivity contribution >= 4 is 17.5 Å². The maximum Gasteiger partial charge on any atom is 0.255 e. The molecule has 1 aromatic rings. The molecule has 0 spiro atoms. The molecule has 0 aliphatic carbocycles. The monoisotopic (exact) mass is 257 g/mol. The maximum atomic E-state index is 11.8. The Labute approximate surface area is 106 Å². The number of amides is 1. The molecule has 4 nitrogen and oxygen atoms in total. The quantitative estimate of drug-likeness (QED) is 0.846. The predicted molar refractivity (Wildman–Crippen MR) is 66.6 cm³/mol. The van der Waals surface area contributed by atoms with Crippen LogP contribution in [0, 0.1) is 0 Å². The summed E-state index contributed by atoms with van der Waals surface area (Å²) in [6.45, 7) is 2.08. The first-order chi connectivity index (χ1) is 8.04. The van der Waals surface area contributed by atoms with Crippen LogP contribution in [0.5, 0.6) is 5.75 Å². The van der Waals surface area contributed by atoms with Crippen LogP contribution in [0.3, 0.4) is 0 Å². The fraction of sp³-hybridized carbons (Fsp3) is 0.417. The van der Waals surface area contributed by atoms with E-state index in [0.717, 1.165) is 0 Å². The van der Waals surface area contributed by atoms with Gasteiger partial charge in [0.2, 0.25) is 0 Å². The molecule has 0 aliphatic heterocycles. The summed E-state index contributed by atoms with van der Waals surface area (Å²) in [5.41, 5.74) is 0.394. The lowest BCUT2D eigenvalue weighted by atomic mass is 10.2. The van der Waals surface area contributed by atoms with E-state index in [-0.39, 0.29) is 5.91 Å². The van der Waals surface area contributed by atoms with E-state index in [0.29, 0.717) is 29.3 Å². The van der Waals surface area contributed by atoms with Crippen LogP contribution >= 0.6 is 11.6 Å². The van der Waals surface area contributed by atoms with Gasteiger partial charge in [0, 0.05) is 11.6 Å². The number of nitrogens with one attached hydrogen (secondary N) is 1. The van der Waals surface area contributed by atoms with Crippen molar-refractivity contribution in [2.45, 2.75) is 19.4 Å². The number of carbonyl (C=O) groups is 1. The molecule has 0 heterocycles. The summed E-state index contributed by atoms with van der Waals surface area (Å²) < 4.78 is 5.08. The average molecular weight is 258 g/mol. The number of halogens is 1. The van der Waals surface area contributed by atoms with E-state index in [1.54, 1.807) is 25.1 Å². The zero-order chi connectivity index (χ0) is 12.8. The Kier molecular flexibility index (Phi) is 5.25. The van der Waals surface area contributed by atoms with E-state index in [1.807, 2.05) is 0 Å². The van der Waals surface area contributed by atoms with Crippen LogP contribution in [0.4, 0.5) is 0 Å². The van der Waals surface area contributed by atoms with Gasteiger partial charge < -0.3 is 15.2 Å². The summed E-state index contributed by atoms with van der Waals surface area (Å²) in [4.78, 5) is 11.8. The Morgan fingerprint density at radius 1 is 1.59 bits per heavy atom. The van der Waals surface area contributed by atoms with Crippen LogP contribution in [0.15, 0.2) is 18.2 Å². The van der Waals surface area contributed by atoms with Crippen LogP contribution in [0.2, 0.25) is 5.02 Å². The van der Waals surface area contributed by atoms with Gasteiger partial charge in [0.25, 0.3) is 5.91 Å². The van der Waals surface area contributed by atoms with Gasteiger partial charge in [-0.25, -0.2) is 0 Å². The molecule has 1 unspecified atom stereocenters. The van der Waals surface area contributed by atoms with Crippen molar-refractivity contribution in [3.8, 4) is 5.75 Å². The molecule has 1 aromatic carbocycles. The van der Waals surface area contributed by atoms with Crippen molar-refractivity contribution in [2.24, 2.45) is 0 Å². The number of hydrogen-bond acceptors (Lipinski definition) is 3. The van der Waals surface area contributed by atoms with Crippen LogP contribution in [-0.4, -0.2) is 30.8 Å². The highest BCUT2D eigenvalue weighted by atomic mass is 35.5. The summed E-state index contributed by atoms with van der Waals surface area (Å²) >= 11 is 5.83. The molecule has 2 N–H and O–H groups in total. The Balaban J connectivity index is 2.70. The maximum absolute atomic E-state index is 11.8. The number of hydrogen-bond donors (Lipinski definition) is 2. The third-order valence-corrected chi connectivity index (χ3v) is 2.49. The number of methoxy groups -OCH3 is 1. The molecule has 1 atom stereocenters. The van der Waals surface area contributed by atoms with Crippen LogP contribution < -0.4 is 10.1 Å². The molecule has 1 rings (SSSR count). The largest absolute Gasteiger partial charge is 0.496 e. The van der Waals surface area contributed by atoms with E-state index < -0.39 is 6.10 Å². The summed E-state index contributed by atoms with van der Waals surface area (Å²) in [6, 6.07) is 4.86. The first kappa shape index (κ1) is 13.8. The molecule has 0 saturated carbocycles. The van der Waals surface area contributed by atoms with E-state index in [2.05, 4.69) is 5.32 Å². The number of rotatable bonds is 5. The zero-order valence-corrected chi connectivity index (χ0v) is 10.6. The molecular formula is C12H16ClNO3. The summed E-state index contributed by atoms with van der Waals surface area (Å²) in [5, 5.41) is 12.3. The minimum atomic E-state index is -0.434. The first-order valence-electron chi connectivity index (χ1n) is 5.34. The van der Waals surface area contributed by atoms with Gasteiger partial charge in [-0.3, -0.25) is 4.79 Å². The molecule has 0 bridgehead atoms. The van der Waals surface area contributed by atoms with E-state index in [4.69, 9.17) is 21.4 Å². The highest BCUT2D eigenvalue weighted by Crippen LogP contribution is 2.22. The van der Waals surface area contributed by atoms with Crippen LogP contribution in [0.1, 0.15) is 23.7 Å². The molecule has 17 heavy (non-hydrogen) atoms. The molecule has 94 valence electrons. The fourth-order valence-corrected chi connectivity index (χ4v) is 1.52. The predicted octanol–water partition coefficient (Wildman–Crippen LogP) is 1.85. The summed E-state index contributed by atoms with van der Waals surface area (Å²) in [5.74, 6) is 0.217. The van der Waals surface area contributed by atoms with Crippen molar-refractivity contribution in [1.29, 1.82) is 0 Å². The lowest BCUT2D eigenvalue weighted by Gasteiger charge is -2.10. The van der Waals surface area contributed by atoms with E-state index >= 15 is 0 Å². The number of ether oxygens (including phenoxy) is 1. The zero-order valence-electron chi connectivity index (χ0n) is 9.87. The first-order valence-corrected chi connectivity index (χ1v) is 5.72. The van der Waals surface area contributed by atoms with Crippen molar-refractivity contribution in [3.05, 3.63) is 28.8 Å². The summed E-state index contributed by atoms with van der Waals surface area (Å²) in [6.07, 6.45) is 0.0748. The Morgan fingerprint density at radius 3 is 2.88 bits per heavy atom. The van der Waals surface area contributed by atoms with Crippen molar-refractivity contribution < 1.29 is 14.6 Å². The van der Waals surface area contributed by atoms with Gasteiger partial charge in [-0.05, 0) is 31.5 Å². The fourth-order valence-electron chi connectivity index (χ4n) is 1.35. The lowest BCUT2D eigenvalue weighted by Crippen LogP contribution is -2.26. The topological polar surface area (TPSA) is 58.6 Å². The second-order valence-corrected chi connectivity index (χ2v) is 4.17. The number of aliphatic hydroxyl groups is 1. The molecule has 5 heteroatoms. The number of aliphatic hydroxyl groups excluding tert-OH is 1. The van der Waals surface area contributed by atoms with E-state index in [1.165, 1.54) is 7.11 Å². The van der Waals surface area contributed by atoms with Gasteiger partial charge in [-0.2, -0.15) is 0 Å². The molecule has 0 saturated heterocycles. The highest BCUT2D eigenvalue weighted by molar-refractivity contribution is 6.31. The van der Waals surface area contributed by atoms with E-state index in [9.17, 15) is 4.79 Å². The highest BCUT2D eigenvalue weighted by Gasteiger charge is 2.12. The van der Waals surface area contributed by atoms with Crippen molar-refractivity contribution in [1.82, 2.24) is 5.32 Å². The minimum Gasteiger partial charge on any atom is -0.496 e. The summed E-state index contributed by atoms with van der Waals surface area (Å²) in [7, 11) is 1.50. The SMILES string of the molecule is COc1ccc(Cl)cc1C(=O)NCCC(C)O. The average Bonchev–Trinajstić information content (AvgIpc) is 2.28. The molecule has 0 fully saturated rings. The molecular weight excluding hydrogens is 242 g/mol. The lowest BCUT2D eigenvalue weighted by molar-refractivity contribution is 0.0942. The molecule has 1 amide bonds. The Morgan fingerprint density at radius 2 is 2.29 bits per heavy atom.